The molecule has 3 aromatic rings. The van der Waals surface area contributed by atoms with Gasteiger partial charge in [0.05, 0.1) is 46.8 Å². The maximum atomic E-state index is 12.5. The number of aromatic nitrogens is 3. The minimum Gasteiger partial charge on any atom is -0.497 e. The molecule has 1 aromatic heterocycles. The molecule has 0 atom stereocenters. The Morgan fingerprint density at radius 1 is 0.927 bits per heavy atom. The quantitative estimate of drug-likeness (QED) is 0.187. The van der Waals surface area contributed by atoms with Crippen LogP contribution in [0.2, 0.25) is 0 Å². The fraction of sp³-hybridized carbons (Fsp3) is 0.429. The largest absolute Gasteiger partial charge is 0.497 e. The Morgan fingerprint density at radius 2 is 1.63 bits per heavy atom. The van der Waals surface area contributed by atoms with Crippen molar-refractivity contribution in [1.29, 1.82) is 0 Å². The van der Waals surface area contributed by atoms with Crippen LogP contribution >= 0.6 is 0 Å². The lowest BCUT2D eigenvalue weighted by molar-refractivity contribution is 0.0511. The Morgan fingerprint density at radius 3 is 2.34 bits per heavy atom. The molecule has 5 N–H and O–H groups in total. The van der Waals surface area contributed by atoms with Gasteiger partial charge in [0, 0.05) is 44.0 Å². The van der Waals surface area contributed by atoms with Crippen LogP contribution in [0.5, 0.6) is 5.75 Å². The maximum absolute atomic E-state index is 12.5. The summed E-state index contributed by atoms with van der Waals surface area (Å²) in [5.74, 6) is 2.02. The molecule has 0 radical (unpaired) electrons. The number of amides is 1. The molecule has 0 unspecified atom stereocenters. The van der Waals surface area contributed by atoms with Crippen molar-refractivity contribution in [2.45, 2.75) is 6.54 Å². The number of ether oxygens (including phenoxy) is 4. The number of nitrogens with two attached hydrogens (primary N) is 1. The van der Waals surface area contributed by atoms with Crippen LogP contribution in [0.25, 0.3) is 0 Å². The zero-order valence-electron chi connectivity index (χ0n) is 23.3. The minimum atomic E-state index is -0.181. The van der Waals surface area contributed by atoms with Gasteiger partial charge in [-0.3, -0.25) is 4.79 Å². The summed E-state index contributed by atoms with van der Waals surface area (Å²) in [4.78, 5) is 28.4. The second-order valence-electron chi connectivity index (χ2n) is 9.06. The zero-order valence-corrected chi connectivity index (χ0v) is 23.3. The molecule has 2 aromatic carbocycles. The molecule has 220 valence electrons. The fourth-order valence-electron chi connectivity index (χ4n) is 3.91. The molecule has 2 heterocycles. The van der Waals surface area contributed by atoms with Crippen molar-refractivity contribution in [1.82, 2.24) is 20.3 Å². The molecule has 0 saturated carbocycles. The Bertz CT molecular complexity index is 1210. The molecule has 1 aliphatic heterocycles. The van der Waals surface area contributed by atoms with Crippen molar-refractivity contribution in [3.8, 4) is 5.75 Å². The summed E-state index contributed by atoms with van der Waals surface area (Å²) < 4.78 is 21.4. The van der Waals surface area contributed by atoms with Crippen LogP contribution < -0.4 is 31.3 Å². The first kappa shape index (κ1) is 29.9. The number of anilines is 4. The normalized spacial score (nSPS) is 13.1. The van der Waals surface area contributed by atoms with Crippen LogP contribution in [-0.2, 0) is 20.8 Å². The summed E-state index contributed by atoms with van der Waals surface area (Å²) in [6, 6.07) is 14.9. The van der Waals surface area contributed by atoms with Crippen molar-refractivity contribution < 1.29 is 23.7 Å². The number of carbonyl (C=O) groups excluding carboxylic acids is 1. The number of morpholine rings is 1. The first-order valence-electron chi connectivity index (χ1n) is 13.6. The van der Waals surface area contributed by atoms with E-state index in [1.165, 1.54) is 0 Å². The highest BCUT2D eigenvalue weighted by atomic mass is 16.5. The number of carbonyl (C=O) groups is 1. The standard InChI is InChI=1S/C28H38N8O5/c1-38-24-8-2-21(3-9-24)20-31-26-33-27(35-28(34-26)36-12-16-41-17-13-36)32-23-6-4-22(5-7-23)25(37)30-11-15-40-19-18-39-14-10-29/h2-9H,10-20,29H2,1H3,(H,30,37)(H2,31,32,33,34,35). The summed E-state index contributed by atoms with van der Waals surface area (Å²) in [5, 5.41) is 9.38. The molecular weight excluding hydrogens is 528 g/mol. The molecule has 0 bridgehead atoms. The predicted octanol–water partition coefficient (Wildman–Crippen LogP) is 1.79. The fourth-order valence-corrected chi connectivity index (χ4v) is 3.91. The third kappa shape index (κ3) is 9.83. The average Bonchev–Trinajstić information content (AvgIpc) is 3.02. The van der Waals surface area contributed by atoms with Gasteiger partial charge in [0.2, 0.25) is 17.8 Å². The van der Waals surface area contributed by atoms with Gasteiger partial charge in [0.1, 0.15) is 5.75 Å². The van der Waals surface area contributed by atoms with Crippen LogP contribution in [0.1, 0.15) is 15.9 Å². The van der Waals surface area contributed by atoms with E-state index in [0.29, 0.717) is 95.8 Å². The summed E-state index contributed by atoms with van der Waals surface area (Å²) in [7, 11) is 1.64. The Labute approximate surface area is 239 Å². The van der Waals surface area contributed by atoms with Gasteiger partial charge in [0.25, 0.3) is 5.91 Å². The lowest BCUT2D eigenvalue weighted by Crippen LogP contribution is -2.37. The van der Waals surface area contributed by atoms with Crippen molar-refractivity contribution in [2.24, 2.45) is 5.73 Å². The van der Waals surface area contributed by atoms with Crippen LogP contribution in [0.4, 0.5) is 23.5 Å². The zero-order chi connectivity index (χ0) is 28.7. The van der Waals surface area contributed by atoms with Gasteiger partial charge in [0.15, 0.2) is 0 Å². The molecule has 13 heteroatoms. The highest BCUT2D eigenvalue weighted by Gasteiger charge is 2.17. The van der Waals surface area contributed by atoms with Gasteiger partial charge < -0.3 is 45.5 Å². The van der Waals surface area contributed by atoms with Crippen molar-refractivity contribution in [3.05, 3.63) is 59.7 Å². The monoisotopic (exact) mass is 566 g/mol. The van der Waals surface area contributed by atoms with Gasteiger partial charge in [-0.1, -0.05) is 12.1 Å². The second kappa shape index (κ2) is 16.3. The molecule has 1 fully saturated rings. The van der Waals surface area contributed by atoms with E-state index in [1.54, 1.807) is 19.2 Å². The summed E-state index contributed by atoms with van der Waals surface area (Å²) in [6.45, 7) is 5.88. The third-order valence-electron chi connectivity index (χ3n) is 6.10. The van der Waals surface area contributed by atoms with Crippen LogP contribution in [0.3, 0.4) is 0 Å². The van der Waals surface area contributed by atoms with Gasteiger partial charge >= 0.3 is 0 Å². The van der Waals surface area contributed by atoms with Crippen molar-refractivity contribution in [2.75, 3.05) is 88.5 Å². The molecule has 4 rings (SSSR count). The van der Waals surface area contributed by atoms with Gasteiger partial charge in [-0.05, 0) is 42.0 Å². The number of hydrogen-bond acceptors (Lipinski definition) is 12. The van der Waals surface area contributed by atoms with Crippen LogP contribution in [0, 0.1) is 0 Å². The van der Waals surface area contributed by atoms with E-state index in [1.807, 2.05) is 36.4 Å². The number of benzene rings is 2. The van der Waals surface area contributed by atoms with E-state index in [-0.39, 0.29) is 5.91 Å². The van der Waals surface area contributed by atoms with E-state index in [4.69, 9.17) is 24.7 Å². The number of rotatable bonds is 16. The lowest BCUT2D eigenvalue weighted by Gasteiger charge is -2.27. The molecule has 41 heavy (non-hydrogen) atoms. The number of nitrogens with one attached hydrogen (secondary N) is 3. The number of nitrogens with zero attached hydrogens (tertiary/aromatic N) is 4. The molecule has 1 amide bonds. The Kier molecular flexibility index (Phi) is 11.9. The summed E-state index contributed by atoms with van der Waals surface area (Å²) >= 11 is 0. The second-order valence-corrected chi connectivity index (χ2v) is 9.06. The van der Waals surface area contributed by atoms with E-state index in [2.05, 4.69) is 35.8 Å². The molecular formula is C28H38N8O5. The van der Waals surface area contributed by atoms with Crippen LogP contribution in [0.15, 0.2) is 48.5 Å². The lowest BCUT2D eigenvalue weighted by atomic mass is 10.2. The third-order valence-corrected chi connectivity index (χ3v) is 6.10. The first-order valence-corrected chi connectivity index (χ1v) is 13.6. The van der Waals surface area contributed by atoms with Crippen molar-refractivity contribution in [3.63, 3.8) is 0 Å². The van der Waals surface area contributed by atoms with E-state index in [9.17, 15) is 4.79 Å². The molecule has 1 saturated heterocycles. The van der Waals surface area contributed by atoms with E-state index in [0.717, 1.165) is 17.0 Å². The molecule has 0 spiro atoms. The highest BCUT2D eigenvalue weighted by molar-refractivity contribution is 5.94. The van der Waals surface area contributed by atoms with Gasteiger partial charge in [-0.25, -0.2) is 0 Å². The average molecular weight is 567 g/mol. The smallest absolute Gasteiger partial charge is 0.251 e. The van der Waals surface area contributed by atoms with Gasteiger partial charge in [-0.15, -0.1) is 0 Å². The Hall–Kier alpha value is -4.04. The minimum absolute atomic E-state index is 0.181. The van der Waals surface area contributed by atoms with Gasteiger partial charge in [-0.2, -0.15) is 15.0 Å². The van der Waals surface area contributed by atoms with E-state index >= 15 is 0 Å². The Balaban J connectivity index is 1.34. The summed E-state index contributed by atoms with van der Waals surface area (Å²) in [5.41, 5.74) is 7.70. The molecule has 1 aliphatic rings. The highest BCUT2D eigenvalue weighted by Crippen LogP contribution is 2.20. The van der Waals surface area contributed by atoms with Crippen LogP contribution in [-0.4, -0.2) is 93.8 Å². The van der Waals surface area contributed by atoms with Crippen molar-refractivity contribution >= 4 is 29.4 Å². The predicted molar refractivity (Wildman–Crippen MR) is 156 cm³/mol. The molecule has 0 aliphatic carbocycles. The summed E-state index contributed by atoms with van der Waals surface area (Å²) in [6.07, 6.45) is 0. The first-order chi connectivity index (χ1) is 20.1. The maximum Gasteiger partial charge on any atom is 0.251 e. The number of hydrogen-bond donors (Lipinski definition) is 4. The van der Waals surface area contributed by atoms with E-state index < -0.39 is 0 Å². The molecule has 13 nitrogen and oxygen atoms in total. The topological polar surface area (TPSA) is 158 Å². The number of methoxy groups -OCH3 is 1. The SMILES string of the molecule is COc1ccc(CNc2nc(Nc3ccc(C(=O)NCCOCCOCCN)cc3)nc(N3CCOCC3)n2)cc1.